The zero-order chi connectivity index (χ0) is 15.9. The third-order valence-electron chi connectivity index (χ3n) is 3.60. The molecule has 110 valence electrons. The Morgan fingerprint density at radius 1 is 0.864 bits per heavy atom. The molecule has 0 fully saturated rings. The first-order valence-electron chi connectivity index (χ1n) is 7.04. The van der Waals surface area contributed by atoms with E-state index in [0.29, 0.717) is 11.1 Å². The van der Waals surface area contributed by atoms with Crippen molar-refractivity contribution in [1.29, 1.82) is 0 Å². The van der Waals surface area contributed by atoms with Gasteiger partial charge in [-0.15, -0.1) is 0 Å². The first-order chi connectivity index (χ1) is 10.5. The smallest absolute Gasteiger partial charge is 0.313 e. The summed E-state index contributed by atoms with van der Waals surface area (Å²) in [4.78, 5) is 37.0. The first kappa shape index (κ1) is 14.2. The van der Waals surface area contributed by atoms with E-state index in [1.807, 2.05) is 0 Å². The van der Waals surface area contributed by atoms with Crippen molar-refractivity contribution in [3.05, 3.63) is 64.7 Å². The minimum atomic E-state index is -0.437. The van der Waals surface area contributed by atoms with E-state index in [2.05, 4.69) is 0 Å². The Labute approximate surface area is 127 Å². The highest BCUT2D eigenvalue weighted by Gasteiger charge is 2.32. The molecule has 0 saturated heterocycles. The van der Waals surface area contributed by atoms with Crippen molar-refractivity contribution in [1.82, 2.24) is 0 Å². The number of rotatable bonds is 2. The van der Waals surface area contributed by atoms with Gasteiger partial charge in [-0.1, -0.05) is 50.2 Å². The number of fused-ring (bicyclic) bond motifs is 2. The van der Waals surface area contributed by atoms with Crippen LogP contribution >= 0.6 is 0 Å². The van der Waals surface area contributed by atoms with Crippen LogP contribution in [0.4, 0.5) is 0 Å². The maximum absolute atomic E-state index is 12.7. The van der Waals surface area contributed by atoms with Crippen LogP contribution in [-0.2, 0) is 4.79 Å². The Morgan fingerprint density at radius 3 is 2.09 bits per heavy atom. The molecule has 4 heteroatoms. The third kappa shape index (κ3) is 2.13. The zero-order valence-corrected chi connectivity index (χ0v) is 12.3. The normalized spacial score (nSPS) is 12.9. The summed E-state index contributed by atoms with van der Waals surface area (Å²) < 4.78 is 5.30. The van der Waals surface area contributed by atoms with E-state index in [1.165, 1.54) is 6.07 Å². The predicted octanol–water partition coefficient (Wildman–Crippen LogP) is 3.02. The summed E-state index contributed by atoms with van der Waals surface area (Å²) in [5.41, 5.74) is 1.17. The summed E-state index contributed by atoms with van der Waals surface area (Å²) in [7, 11) is 0. The van der Waals surface area contributed by atoms with Crippen LogP contribution in [0.2, 0.25) is 0 Å². The van der Waals surface area contributed by atoms with E-state index in [1.54, 1.807) is 50.2 Å². The molecule has 2 aromatic carbocycles. The summed E-state index contributed by atoms with van der Waals surface area (Å²) in [6, 6.07) is 11.4. The molecule has 0 aliphatic heterocycles. The molecule has 0 amide bonds. The molecule has 22 heavy (non-hydrogen) atoms. The second-order valence-electron chi connectivity index (χ2n) is 5.46. The second kappa shape index (κ2) is 5.22. The van der Waals surface area contributed by atoms with Crippen LogP contribution in [0.25, 0.3) is 0 Å². The lowest BCUT2D eigenvalue weighted by atomic mass is 9.83. The number of carbonyl (C=O) groups excluding carboxylic acids is 3. The average Bonchev–Trinajstić information content (AvgIpc) is 2.52. The molecule has 4 nitrogen and oxygen atoms in total. The number of ether oxygens (including phenoxy) is 1. The van der Waals surface area contributed by atoms with Gasteiger partial charge in [0.05, 0.1) is 11.5 Å². The number of esters is 1. The molecule has 0 radical (unpaired) electrons. The topological polar surface area (TPSA) is 60.4 Å². The second-order valence-corrected chi connectivity index (χ2v) is 5.46. The van der Waals surface area contributed by atoms with E-state index in [4.69, 9.17) is 4.74 Å². The van der Waals surface area contributed by atoms with Crippen LogP contribution in [0.3, 0.4) is 0 Å². The highest BCUT2D eigenvalue weighted by molar-refractivity contribution is 6.29. The molecule has 1 aliphatic carbocycles. The molecule has 0 unspecified atom stereocenters. The molecule has 0 spiro atoms. The maximum atomic E-state index is 12.7. The Balaban J connectivity index is 2.15. The van der Waals surface area contributed by atoms with Gasteiger partial charge in [0, 0.05) is 16.7 Å². The largest absolute Gasteiger partial charge is 0.426 e. The van der Waals surface area contributed by atoms with Gasteiger partial charge in [0.25, 0.3) is 0 Å². The van der Waals surface area contributed by atoms with Gasteiger partial charge in [-0.3, -0.25) is 14.4 Å². The minimum absolute atomic E-state index is 0.143. The van der Waals surface area contributed by atoms with Crippen molar-refractivity contribution < 1.29 is 19.1 Å². The fraction of sp³-hybridized carbons (Fsp3) is 0.167. The lowest BCUT2D eigenvalue weighted by Crippen LogP contribution is -2.23. The molecule has 3 rings (SSSR count). The van der Waals surface area contributed by atoms with Crippen LogP contribution in [-0.4, -0.2) is 17.5 Å². The van der Waals surface area contributed by atoms with Crippen molar-refractivity contribution in [3.8, 4) is 5.75 Å². The Bertz CT molecular complexity index is 802. The van der Waals surface area contributed by atoms with Gasteiger partial charge in [0.1, 0.15) is 5.75 Å². The van der Waals surface area contributed by atoms with Crippen LogP contribution in [0.1, 0.15) is 45.7 Å². The summed E-state index contributed by atoms with van der Waals surface area (Å²) in [5, 5.41) is 0. The van der Waals surface area contributed by atoms with Gasteiger partial charge in [0.15, 0.2) is 11.6 Å². The summed E-state index contributed by atoms with van der Waals surface area (Å²) in [5.74, 6) is -1.14. The summed E-state index contributed by atoms with van der Waals surface area (Å²) in [6.07, 6.45) is 0. The maximum Gasteiger partial charge on any atom is 0.313 e. The number of carbonyl (C=O) groups is 3. The lowest BCUT2D eigenvalue weighted by molar-refractivity contribution is -0.137. The van der Waals surface area contributed by atoms with E-state index in [9.17, 15) is 14.4 Å². The van der Waals surface area contributed by atoms with Gasteiger partial charge in [-0.25, -0.2) is 0 Å². The predicted molar refractivity (Wildman–Crippen MR) is 80.2 cm³/mol. The van der Waals surface area contributed by atoms with Crippen molar-refractivity contribution in [2.24, 2.45) is 5.92 Å². The Hall–Kier alpha value is -2.75. The molecule has 0 heterocycles. The Morgan fingerprint density at radius 2 is 1.45 bits per heavy atom. The summed E-state index contributed by atoms with van der Waals surface area (Å²) in [6.45, 7) is 3.42. The molecule has 0 N–H and O–H groups in total. The summed E-state index contributed by atoms with van der Waals surface area (Å²) >= 11 is 0. The quantitative estimate of drug-likeness (QED) is 0.538. The number of benzene rings is 2. The number of ketones is 2. The minimum Gasteiger partial charge on any atom is -0.426 e. The fourth-order valence-electron chi connectivity index (χ4n) is 2.42. The van der Waals surface area contributed by atoms with Crippen molar-refractivity contribution >= 4 is 17.5 Å². The third-order valence-corrected chi connectivity index (χ3v) is 3.60. The lowest BCUT2D eigenvalue weighted by Gasteiger charge is -2.19. The van der Waals surface area contributed by atoms with Crippen molar-refractivity contribution in [2.45, 2.75) is 13.8 Å². The van der Waals surface area contributed by atoms with Gasteiger partial charge in [-0.05, 0) is 6.07 Å². The van der Waals surface area contributed by atoms with Gasteiger partial charge in [0.2, 0.25) is 0 Å². The highest BCUT2D eigenvalue weighted by Crippen LogP contribution is 2.33. The van der Waals surface area contributed by atoms with Crippen molar-refractivity contribution in [3.63, 3.8) is 0 Å². The molecule has 0 atom stereocenters. The van der Waals surface area contributed by atoms with E-state index in [-0.39, 0.29) is 34.4 Å². The van der Waals surface area contributed by atoms with E-state index >= 15 is 0 Å². The van der Waals surface area contributed by atoms with Gasteiger partial charge < -0.3 is 4.74 Å². The molecule has 0 aromatic heterocycles. The zero-order valence-electron chi connectivity index (χ0n) is 12.3. The Kier molecular flexibility index (Phi) is 3.37. The molecule has 0 bridgehead atoms. The first-order valence-corrected chi connectivity index (χ1v) is 7.04. The SMILES string of the molecule is CC(C)C(=O)Oc1cccc2c1C(=O)c1ccccc1C2=O. The molecule has 2 aromatic rings. The van der Waals surface area contributed by atoms with Crippen LogP contribution < -0.4 is 4.74 Å². The molecule has 0 saturated carbocycles. The monoisotopic (exact) mass is 294 g/mol. The van der Waals surface area contributed by atoms with Crippen LogP contribution in [0.15, 0.2) is 42.5 Å². The van der Waals surface area contributed by atoms with Crippen molar-refractivity contribution in [2.75, 3.05) is 0 Å². The number of hydrogen-bond acceptors (Lipinski definition) is 4. The van der Waals surface area contributed by atoms with Gasteiger partial charge in [-0.2, -0.15) is 0 Å². The molecular weight excluding hydrogens is 280 g/mol. The van der Waals surface area contributed by atoms with Crippen LogP contribution in [0, 0.1) is 5.92 Å². The molecular formula is C18H14O4. The van der Waals surface area contributed by atoms with E-state index < -0.39 is 5.97 Å². The number of hydrogen-bond donors (Lipinski definition) is 0. The highest BCUT2D eigenvalue weighted by atomic mass is 16.5. The molecule has 1 aliphatic rings. The van der Waals surface area contributed by atoms with Crippen LogP contribution in [0.5, 0.6) is 5.75 Å². The fourth-order valence-corrected chi connectivity index (χ4v) is 2.42. The standard InChI is InChI=1S/C18H14O4/c1-10(2)18(21)22-14-9-5-8-13-15(14)17(20)12-7-4-3-6-11(12)16(13)19/h3-10H,1-2H3. The van der Waals surface area contributed by atoms with E-state index in [0.717, 1.165) is 0 Å². The average molecular weight is 294 g/mol. The van der Waals surface area contributed by atoms with Gasteiger partial charge >= 0.3 is 5.97 Å².